The fraction of sp³-hybridized carbons (Fsp3) is 0.917. The minimum atomic E-state index is -0.790. The third-order valence-corrected chi connectivity index (χ3v) is 3.34. The van der Waals surface area contributed by atoms with Gasteiger partial charge in [0.05, 0.1) is 6.61 Å². The SMILES string of the molecule is CCOC(=O)C(N)(CN(CC)CC)C1CC1. The van der Waals surface area contributed by atoms with Gasteiger partial charge in [0.15, 0.2) is 0 Å². The van der Waals surface area contributed by atoms with Crippen LogP contribution in [0.2, 0.25) is 0 Å². The van der Waals surface area contributed by atoms with Gasteiger partial charge in [-0.25, -0.2) is 4.79 Å². The van der Waals surface area contributed by atoms with Crippen LogP contribution >= 0.6 is 0 Å². The summed E-state index contributed by atoms with van der Waals surface area (Å²) in [6.45, 7) is 8.85. The summed E-state index contributed by atoms with van der Waals surface area (Å²) in [5.74, 6) is 0.0801. The standard InChI is InChI=1S/C12H24N2O2/c1-4-14(5-2)9-12(13,10-7-8-10)11(15)16-6-3/h10H,4-9,13H2,1-3H3. The summed E-state index contributed by atoms with van der Waals surface area (Å²) in [6, 6.07) is 0. The minimum Gasteiger partial charge on any atom is -0.465 e. The molecule has 1 unspecified atom stereocenters. The lowest BCUT2D eigenvalue weighted by atomic mass is 9.93. The number of carbonyl (C=O) groups excluding carboxylic acids is 1. The van der Waals surface area contributed by atoms with E-state index < -0.39 is 5.54 Å². The molecule has 1 fully saturated rings. The lowest BCUT2D eigenvalue weighted by Crippen LogP contribution is -2.58. The average Bonchev–Trinajstić information content (AvgIpc) is 3.09. The van der Waals surface area contributed by atoms with Crippen LogP contribution in [-0.4, -0.2) is 42.6 Å². The Morgan fingerprint density at radius 1 is 1.38 bits per heavy atom. The van der Waals surface area contributed by atoms with Crippen molar-refractivity contribution in [3.63, 3.8) is 0 Å². The van der Waals surface area contributed by atoms with Gasteiger partial charge < -0.3 is 15.4 Å². The Kier molecular flexibility index (Phi) is 4.74. The molecule has 0 aromatic rings. The Morgan fingerprint density at radius 2 is 1.94 bits per heavy atom. The zero-order chi connectivity index (χ0) is 12.2. The number of esters is 1. The summed E-state index contributed by atoms with van der Waals surface area (Å²) >= 11 is 0. The third-order valence-electron chi connectivity index (χ3n) is 3.34. The van der Waals surface area contributed by atoms with Gasteiger partial charge in [-0.1, -0.05) is 13.8 Å². The van der Waals surface area contributed by atoms with Gasteiger partial charge in [-0.05, 0) is 38.8 Å². The molecular formula is C12H24N2O2. The Morgan fingerprint density at radius 3 is 2.31 bits per heavy atom. The first-order chi connectivity index (χ1) is 7.58. The summed E-state index contributed by atoms with van der Waals surface area (Å²) in [5.41, 5.74) is 5.48. The van der Waals surface area contributed by atoms with Crippen LogP contribution < -0.4 is 5.73 Å². The molecule has 0 radical (unpaired) electrons. The number of rotatable bonds is 7. The van der Waals surface area contributed by atoms with Crippen molar-refractivity contribution in [2.45, 2.75) is 39.2 Å². The summed E-state index contributed by atoms with van der Waals surface area (Å²) in [4.78, 5) is 14.1. The fourth-order valence-corrected chi connectivity index (χ4v) is 2.04. The van der Waals surface area contributed by atoms with Gasteiger partial charge in [0.1, 0.15) is 5.54 Å². The number of hydrogen-bond acceptors (Lipinski definition) is 4. The van der Waals surface area contributed by atoms with E-state index in [1.54, 1.807) is 0 Å². The van der Waals surface area contributed by atoms with Crippen molar-refractivity contribution in [2.75, 3.05) is 26.2 Å². The van der Waals surface area contributed by atoms with Crippen LogP contribution in [0.5, 0.6) is 0 Å². The predicted molar refractivity (Wildman–Crippen MR) is 64.1 cm³/mol. The second-order valence-corrected chi connectivity index (χ2v) is 4.50. The number of hydrogen-bond donors (Lipinski definition) is 1. The predicted octanol–water partition coefficient (Wildman–Crippen LogP) is 0.999. The molecule has 1 aliphatic carbocycles. The van der Waals surface area contributed by atoms with Gasteiger partial charge in [-0.15, -0.1) is 0 Å². The van der Waals surface area contributed by atoms with Crippen molar-refractivity contribution in [3.05, 3.63) is 0 Å². The maximum Gasteiger partial charge on any atom is 0.327 e. The number of nitrogens with two attached hydrogens (primary N) is 1. The molecule has 4 nitrogen and oxygen atoms in total. The molecule has 0 aromatic carbocycles. The Labute approximate surface area is 98.1 Å². The highest BCUT2D eigenvalue weighted by Gasteiger charge is 2.49. The number of carbonyl (C=O) groups is 1. The van der Waals surface area contributed by atoms with Crippen molar-refractivity contribution < 1.29 is 9.53 Å². The molecule has 1 saturated carbocycles. The Hall–Kier alpha value is -0.610. The summed E-state index contributed by atoms with van der Waals surface area (Å²) in [7, 11) is 0. The molecule has 0 heterocycles. The second-order valence-electron chi connectivity index (χ2n) is 4.50. The molecule has 0 bridgehead atoms. The van der Waals surface area contributed by atoms with E-state index in [0.29, 0.717) is 19.1 Å². The van der Waals surface area contributed by atoms with Gasteiger partial charge >= 0.3 is 5.97 Å². The van der Waals surface area contributed by atoms with E-state index in [0.717, 1.165) is 25.9 Å². The largest absolute Gasteiger partial charge is 0.465 e. The molecule has 0 saturated heterocycles. The monoisotopic (exact) mass is 228 g/mol. The average molecular weight is 228 g/mol. The highest BCUT2D eigenvalue weighted by Crippen LogP contribution is 2.39. The van der Waals surface area contributed by atoms with Crippen molar-refractivity contribution in [1.82, 2.24) is 4.90 Å². The minimum absolute atomic E-state index is 0.232. The molecule has 0 aromatic heterocycles. The van der Waals surface area contributed by atoms with Crippen LogP contribution in [0.4, 0.5) is 0 Å². The topological polar surface area (TPSA) is 55.6 Å². The maximum atomic E-state index is 11.9. The fourth-order valence-electron chi connectivity index (χ4n) is 2.04. The number of ether oxygens (including phenoxy) is 1. The number of nitrogens with zero attached hydrogens (tertiary/aromatic N) is 1. The quantitative estimate of drug-likeness (QED) is 0.660. The lowest BCUT2D eigenvalue weighted by Gasteiger charge is -2.32. The van der Waals surface area contributed by atoms with Crippen molar-refractivity contribution >= 4 is 5.97 Å². The molecule has 4 heteroatoms. The number of likely N-dealkylation sites (N-methyl/N-ethyl adjacent to an activating group) is 1. The van der Waals surface area contributed by atoms with Crippen LogP contribution in [0.15, 0.2) is 0 Å². The molecule has 1 atom stereocenters. The van der Waals surface area contributed by atoms with Crippen LogP contribution in [0, 0.1) is 5.92 Å². The van der Waals surface area contributed by atoms with Gasteiger partial charge in [-0.3, -0.25) is 0 Å². The van der Waals surface area contributed by atoms with Crippen molar-refractivity contribution in [2.24, 2.45) is 11.7 Å². The first-order valence-electron chi connectivity index (χ1n) is 6.26. The first-order valence-corrected chi connectivity index (χ1v) is 6.26. The van der Waals surface area contributed by atoms with Crippen molar-refractivity contribution in [1.29, 1.82) is 0 Å². The highest BCUT2D eigenvalue weighted by atomic mass is 16.5. The van der Waals surface area contributed by atoms with Crippen molar-refractivity contribution in [3.8, 4) is 0 Å². The zero-order valence-electron chi connectivity index (χ0n) is 10.7. The van der Waals surface area contributed by atoms with E-state index in [9.17, 15) is 4.79 Å². The van der Waals surface area contributed by atoms with Gasteiger partial charge in [0, 0.05) is 6.54 Å². The van der Waals surface area contributed by atoms with Crippen LogP contribution in [-0.2, 0) is 9.53 Å². The summed E-state index contributed by atoms with van der Waals surface area (Å²) in [5, 5.41) is 0. The molecule has 0 aliphatic heterocycles. The molecule has 1 rings (SSSR count). The van der Waals surface area contributed by atoms with E-state index in [-0.39, 0.29) is 5.97 Å². The molecule has 94 valence electrons. The molecule has 1 aliphatic rings. The first kappa shape index (κ1) is 13.5. The van der Waals surface area contributed by atoms with E-state index in [1.807, 2.05) is 6.92 Å². The molecule has 16 heavy (non-hydrogen) atoms. The second kappa shape index (κ2) is 5.64. The maximum absolute atomic E-state index is 11.9. The van der Waals surface area contributed by atoms with Crippen LogP contribution in [0.1, 0.15) is 33.6 Å². The van der Waals surface area contributed by atoms with E-state index in [1.165, 1.54) is 0 Å². The zero-order valence-corrected chi connectivity index (χ0v) is 10.7. The van der Waals surface area contributed by atoms with E-state index in [2.05, 4.69) is 18.7 Å². The van der Waals surface area contributed by atoms with Crippen LogP contribution in [0.3, 0.4) is 0 Å². The Balaban J connectivity index is 2.67. The normalized spacial score (nSPS) is 19.6. The van der Waals surface area contributed by atoms with Gasteiger partial charge in [-0.2, -0.15) is 0 Å². The molecule has 2 N–H and O–H groups in total. The van der Waals surface area contributed by atoms with Crippen LogP contribution in [0.25, 0.3) is 0 Å². The third kappa shape index (κ3) is 2.95. The van der Waals surface area contributed by atoms with Gasteiger partial charge in [0.2, 0.25) is 0 Å². The van der Waals surface area contributed by atoms with E-state index >= 15 is 0 Å². The van der Waals surface area contributed by atoms with Gasteiger partial charge in [0.25, 0.3) is 0 Å². The molecule has 0 amide bonds. The highest BCUT2D eigenvalue weighted by molar-refractivity contribution is 5.82. The Bertz CT molecular complexity index is 237. The molecule has 0 spiro atoms. The summed E-state index contributed by atoms with van der Waals surface area (Å²) in [6.07, 6.45) is 2.10. The summed E-state index contributed by atoms with van der Waals surface area (Å²) < 4.78 is 5.11. The smallest absolute Gasteiger partial charge is 0.327 e. The molecular weight excluding hydrogens is 204 g/mol. The lowest BCUT2D eigenvalue weighted by molar-refractivity contribution is -0.151. The van der Waals surface area contributed by atoms with E-state index in [4.69, 9.17) is 10.5 Å².